The van der Waals surface area contributed by atoms with Crippen molar-refractivity contribution in [3.05, 3.63) is 29.8 Å². The third kappa shape index (κ3) is 5.99. The van der Waals surface area contributed by atoms with Gasteiger partial charge in [0.1, 0.15) is 5.75 Å². The molecule has 0 radical (unpaired) electrons. The first-order valence-electron chi connectivity index (χ1n) is 8.76. The van der Waals surface area contributed by atoms with E-state index < -0.39 is 6.04 Å². The highest BCUT2D eigenvalue weighted by atomic mass is 35.5. The lowest BCUT2D eigenvalue weighted by Gasteiger charge is -2.37. The second kappa shape index (κ2) is 10.9. The van der Waals surface area contributed by atoms with Crippen molar-refractivity contribution in [2.45, 2.75) is 25.4 Å². The smallest absolute Gasteiger partial charge is 0.239 e. The Hall–Kier alpha value is -1.05. The number of halogens is 2. The van der Waals surface area contributed by atoms with E-state index in [9.17, 15) is 9.90 Å². The quantitative estimate of drug-likeness (QED) is 0.795. The van der Waals surface area contributed by atoms with Crippen LogP contribution in [0.15, 0.2) is 24.3 Å². The van der Waals surface area contributed by atoms with Crippen LogP contribution in [0.1, 0.15) is 18.4 Å². The summed E-state index contributed by atoms with van der Waals surface area (Å²) in [6.07, 6.45) is 1.76. The Morgan fingerprint density at radius 3 is 2.46 bits per heavy atom. The first kappa shape index (κ1) is 23.0. The molecule has 0 saturated carbocycles. The molecular weight excluding hydrogens is 377 g/mol. The van der Waals surface area contributed by atoms with Gasteiger partial charge in [0.25, 0.3) is 0 Å². The molecule has 1 atom stereocenters. The number of carbonyl (C=O) groups is 1. The highest BCUT2D eigenvalue weighted by Crippen LogP contribution is 2.20. The highest BCUT2D eigenvalue weighted by molar-refractivity contribution is 5.85. The van der Waals surface area contributed by atoms with Crippen molar-refractivity contribution in [2.24, 2.45) is 11.7 Å². The summed E-state index contributed by atoms with van der Waals surface area (Å²) in [5, 5.41) is 9.55. The first-order valence-corrected chi connectivity index (χ1v) is 8.76. The van der Waals surface area contributed by atoms with E-state index in [2.05, 4.69) is 4.90 Å². The molecule has 0 bridgehead atoms. The zero-order valence-corrected chi connectivity index (χ0v) is 16.5. The third-order valence-corrected chi connectivity index (χ3v) is 5.06. The molecule has 0 aliphatic carbocycles. The van der Waals surface area contributed by atoms with Gasteiger partial charge < -0.3 is 20.5 Å². The van der Waals surface area contributed by atoms with Crippen molar-refractivity contribution in [3.63, 3.8) is 0 Å². The van der Waals surface area contributed by atoms with E-state index in [0.29, 0.717) is 32.1 Å². The van der Waals surface area contributed by atoms with Crippen molar-refractivity contribution in [1.82, 2.24) is 9.80 Å². The fourth-order valence-corrected chi connectivity index (χ4v) is 3.53. The number of carbonyl (C=O) groups excluding carboxylic acids is 1. The molecule has 1 amide bonds. The predicted molar refractivity (Wildman–Crippen MR) is 106 cm³/mol. The number of hydrogen-bond donors (Lipinski definition) is 2. The number of phenolic OH excluding ortho intramolecular Hbond substituents is 1. The van der Waals surface area contributed by atoms with Gasteiger partial charge in [-0.25, -0.2) is 0 Å². The van der Waals surface area contributed by atoms with Gasteiger partial charge in [0.05, 0.1) is 6.04 Å². The van der Waals surface area contributed by atoms with Crippen molar-refractivity contribution in [3.8, 4) is 5.75 Å². The molecule has 1 aromatic rings. The number of aromatic hydroxyl groups is 1. The molecule has 148 valence electrons. The van der Waals surface area contributed by atoms with E-state index in [1.54, 1.807) is 12.1 Å². The van der Waals surface area contributed by atoms with Gasteiger partial charge in [-0.1, -0.05) is 12.1 Å². The van der Waals surface area contributed by atoms with Crippen LogP contribution in [-0.4, -0.2) is 66.2 Å². The molecular formula is C18H29Cl2N3O3. The summed E-state index contributed by atoms with van der Waals surface area (Å²) in [5.41, 5.74) is 7.30. The van der Waals surface area contributed by atoms with Gasteiger partial charge >= 0.3 is 0 Å². The Balaban J connectivity index is 0.00000169. The Labute approximate surface area is 167 Å². The summed E-state index contributed by atoms with van der Waals surface area (Å²) in [4.78, 5) is 16.8. The zero-order chi connectivity index (χ0) is 16.9. The fraction of sp³-hybridized carbons (Fsp3) is 0.611. The number of nitrogens with two attached hydrogens (primary N) is 1. The molecule has 3 rings (SSSR count). The van der Waals surface area contributed by atoms with Crippen LogP contribution in [0.4, 0.5) is 0 Å². The van der Waals surface area contributed by atoms with Gasteiger partial charge in [-0.3, -0.25) is 9.69 Å². The largest absolute Gasteiger partial charge is 0.508 e. The van der Waals surface area contributed by atoms with Crippen molar-refractivity contribution in [2.75, 3.05) is 39.4 Å². The van der Waals surface area contributed by atoms with E-state index in [-0.39, 0.29) is 36.6 Å². The molecule has 3 N–H and O–H groups in total. The average Bonchev–Trinajstić information content (AvgIpc) is 2.62. The predicted octanol–water partition coefficient (Wildman–Crippen LogP) is 1.63. The lowest BCUT2D eigenvalue weighted by molar-refractivity contribution is -0.136. The van der Waals surface area contributed by atoms with Crippen LogP contribution in [0.2, 0.25) is 0 Å². The lowest BCUT2D eigenvalue weighted by atomic mass is 9.91. The van der Waals surface area contributed by atoms with Crippen LogP contribution in [0.5, 0.6) is 5.75 Å². The summed E-state index contributed by atoms with van der Waals surface area (Å²) in [7, 11) is 0. The maximum absolute atomic E-state index is 12.6. The summed E-state index contributed by atoms with van der Waals surface area (Å²) >= 11 is 0. The minimum absolute atomic E-state index is 0. The van der Waals surface area contributed by atoms with Gasteiger partial charge in [0.2, 0.25) is 5.91 Å². The summed E-state index contributed by atoms with van der Waals surface area (Å²) < 4.78 is 5.35. The van der Waals surface area contributed by atoms with E-state index in [4.69, 9.17) is 10.5 Å². The van der Waals surface area contributed by atoms with E-state index in [0.717, 1.165) is 38.0 Å². The molecule has 0 spiro atoms. The average molecular weight is 406 g/mol. The standard InChI is InChI=1S/C18H27N3O3.2ClH/c19-17(15-4-10-24-11-5-15)18(23)21-8-6-20(7-9-21)13-14-2-1-3-16(22)12-14;;/h1-3,12,15,17,22H,4-11,13,19H2;2*1H. The van der Waals surface area contributed by atoms with Crippen molar-refractivity contribution < 1.29 is 14.6 Å². The van der Waals surface area contributed by atoms with Crippen LogP contribution in [0, 0.1) is 5.92 Å². The SMILES string of the molecule is Cl.Cl.NC(C(=O)N1CCN(Cc2cccc(O)c2)CC1)C1CCOCC1. The molecule has 26 heavy (non-hydrogen) atoms. The summed E-state index contributed by atoms with van der Waals surface area (Å²) in [6.45, 7) is 5.32. The topological polar surface area (TPSA) is 79.0 Å². The van der Waals surface area contributed by atoms with Crippen LogP contribution in [-0.2, 0) is 16.1 Å². The number of benzene rings is 1. The Bertz CT molecular complexity index is 562. The Kier molecular flexibility index (Phi) is 9.68. The summed E-state index contributed by atoms with van der Waals surface area (Å²) in [5.74, 6) is 0.624. The Morgan fingerprint density at radius 1 is 1.19 bits per heavy atom. The highest BCUT2D eigenvalue weighted by Gasteiger charge is 2.31. The second-order valence-corrected chi connectivity index (χ2v) is 6.75. The maximum atomic E-state index is 12.6. The van der Waals surface area contributed by atoms with Crippen molar-refractivity contribution in [1.29, 1.82) is 0 Å². The third-order valence-electron chi connectivity index (χ3n) is 5.06. The van der Waals surface area contributed by atoms with Gasteiger partial charge in [0.15, 0.2) is 0 Å². The second-order valence-electron chi connectivity index (χ2n) is 6.75. The molecule has 2 saturated heterocycles. The molecule has 8 heteroatoms. The molecule has 0 aromatic heterocycles. The monoisotopic (exact) mass is 405 g/mol. The lowest BCUT2D eigenvalue weighted by Crippen LogP contribution is -2.55. The zero-order valence-electron chi connectivity index (χ0n) is 14.9. The summed E-state index contributed by atoms with van der Waals surface area (Å²) in [6, 6.07) is 6.94. The number of hydrogen-bond acceptors (Lipinski definition) is 5. The van der Waals surface area contributed by atoms with Crippen LogP contribution in [0.25, 0.3) is 0 Å². The van der Waals surface area contributed by atoms with Crippen molar-refractivity contribution >= 4 is 30.7 Å². The number of rotatable bonds is 4. The number of amides is 1. The minimum atomic E-state index is -0.397. The van der Waals surface area contributed by atoms with E-state index >= 15 is 0 Å². The van der Waals surface area contributed by atoms with Gasteiger partial charge in [-0.05, 0) is 36.5 Å². The number of phenols is 1. The van der Waals surface area contributed by atoms with Gasteiger partial charge in [0, 0.05) is 45.9 Å². The van der Waals surface area contributed by atoms with Crippen LogP contribution >= 0.6 is 24.8 Å². The van der Waals surface area contributed by atoms with E-state index in [1.807, 2.05) is 17.0 Å². The van der Waals surface area contributed by atoms with E-state index in [1.165, 1.54) is 0 Å². The van der Waals surface area contributed by atoms with Crippen LogP contribution < -0.4 is 5.73 Å². The molecule has 2 heterocycles. The number of ether oxygens (including phenoxy) is 1. The van der Waals surface area contributed by atoms with Gasteiger partial charge in [-0.15, -0.1) is 24.8 Å². The molecule has 1 unspecified atom stereocenters. The van der Waals surface area contributed by atoms with Crippen LogP contribution in [0.3, 0.4) is 0 Å². The minimum Gasteiger partial charge on any atom is -0.508 e. The molecule has 2 fully saturated rings. The molecule has 6 nitrogen and oxygen atoms in total. The molecule has 2 aliphatic heterocycles. The molecule has 2 aliphatic rings. The first-order chi connectivity index (χ1) is 11.6. The number of nitrogens with zero attached hydrogens (tertiary/aromatic N) is 2. The number of piperazine rings is 1. The maximum Gasteiger partial charge on any atom is 0.239 e. The molecule has 1 aromatic carbocycles. The normalized spacial score (nSPS) is 20.0. The fourth-order valence-electron chi connectivity index (χ4n) is 3.53. The van der Waals surface area contributed by atoms with Gasteiger partial charge in [-0.2, -0.15) is 0 Å². The Morgan fingerprint density at radius 2 is 1.85 bits per heavy atom.